The molecule has 1 saturated heterocycles. The van der Waals surface area contributed by atoms with Gasteiger partial charge in [0.2, 0.25) is 5.91 Å². The van der Waals surface area contributed by atoms with Crippen LogP contribution in [0, 0.1) is 0 Å². The number of rotatable bonds is 3. The SMILES string of the molecule is O=C(Nc1ccccc1C(=O)N1CCCCCC1)[C@H]1C=CCN1. The summed E-state index contributed by atoms with van der Waals surface area (Å²) in [7, 11) is 0. The molecule has 1 fully saturated rings. The summed E-state index contributed by atoms with van der Waals surface area (Å²) in [5, 5.41) is 5.97. The van der Waals surface area contributed by atoms with E-state index in [0.29, 0.717) is 17.8 Å². The minimum absolute atomic E-state index is 0.0118. The Kier molecular flexibility index (Phi) is 5.08. The molecule has 5 heteroatoms. The molecule has 0 aromatic heterocycles. The smallest absolute Gasteiger partial charge is 0.255 e. The maximum atomic E-state index is 12.8. The fraction of sp³-hybridized carbons (Fsp3) is 0.444. The molecule has 2 amide bonds. The Morgan fingerprint density at radius 3 is 2.52 bits per heavy atom. The van der Waals surface area contributed by atoms with Crippen molar-refractivity contribution >= 4 is 17.5 Å². The van der Waals surface area contributed by atoms with Gasteiger partial charge in [0, 0.05) is 19.6 Å². The lowest BCUT2D eigenvalue weighted by molar-refractivity contribution is -0.116. The number of carbonyl (C=O) groups is 2. The molecule has 2 aliphatic heterocycles. The zero-order chi connectivity index (χ0) is 16.1. The Bertz CT molecular complexity index is 604. The number of likely N-dealkylation sites (tertiary alicyclic amines) is 1. The van der Waals surface area contributed by atoms with Crippen LogP contribution in [0.15, 0.2) is 36.4 Å². The molecule has 3 rings (SSSR count). The van der Waals surface area contributed by atoms with Gasteiger partial charge in [0.25, 0.3) is 5.91 Å². The summed E-state index contributed by atoms with van der Waals surface area (Å²) in [6.07, 6.45) is 8.24. The predicted octanol–water partition coefficient (Wildman–Crippen LogP) is 2.17. The molecule has 0 unspecified atom stereocenters. The highest BCUT2D eigenvalue weighted by Gasteiger charge is 2.23. The number of hydrogen-bond donors (Lipinski definition) is 2. The molecule has 0 saturated carbocycles. The van der Waals surface area contributed by atoms with Crippen LogP contribution < -0.4 is 10.6 Å². The summed E-state index contributed by atoms with van der Waals surface area (Å²) < 4.78 is 0. The van der Waals surface area contributed by atoms with Gasteiger partial charge < -0.3 is 10.2 Å². The van der Waals surface area contributed by atoms with Crippen molar-refractivity contribution in [1.29, 1.82) is 0 Å². The first kappa shape index (κ1) is 15.7. The second kappa shape index (κ2) is 7.42. The van der Waals surface area contributed by atoms with Gasteiger partial charge in [-0.25, -0.2) is 0 Å². The fourth-order valence-corrected chi connectivity index (χ4v) is 3.08. The zero-order valence-electron chi connectivity index (χ0n) is 13.3. The topological polar surface area (TPSA) is 61.4 Å². The van der Waals surface area contributed by atoms with Gasteiger partial charge in [0.15, 0.2) is 0 Å². The highest BCUT2D eigenvalue weighted by atomic mass is 16.2. The molecule has 0 radical (unpaired) electrons. The van der Waals surface area contributed by atoms with Gasteiger partial charge in [-0.1, -0.05) is 37.1 Å². The minimum Gasteiger partial charge on any atom is -0.339 e. The number of nitrogens with zero attached hydrogens (tertiary/aromatic N) is 1. The maximum absolute atomic E-state index is 12.8. The summed E-state index contributed by atoms with van der Waals surface area (Å²) in [4.78, 5) is 27.0. The lowest BCUT2D eigenvalue weighted by Crippen LogP contribution is -2.37. The van der Waals surface area contributed by atoms with Gasteiger partial charge in [-0.05, 0) is 25.0 Å². The number of amides is 2. The van der Waals surface area contributed by atoms with Crippen molar-refractivity contribution < 1.29 is 9.59 Å². The molecule has 2 N–H and O–H groups in total. The zero-order valence-corrected chi connectivity index (χ0v) is 13.3. The minimum atomic E-state index is -0.323. The Balaban J connectivity index is 1.75. The van der Waals surface area contributed by atoms with E-state index in [-0.39, 0.29) is 17.9 Å². The van der Waals surface area contributed by atoms with Crippen LogP contribution in [0.1, 0.15) is 36.0 Å². The van der Waals surface area contributed by atoms with Gasteiger partial charge in [-0.15, -0.1) is 0 Å². The first-order chi connectivity index (χ1) is 11.3. The monoisotopic (exact) mass is 313 g/mol. The maximum Gasteiger partial charge on any atom is 0.255 e. The van der Waals surface area contributed by atoms with E-state index in [1.54, 1.807) is 12.1 Å². The highest BCUT2D eigenvalue weighted by molar-refractivity contribution is 6.05. The van der Waals surface area contributed by atoms with E-state index >= 15 is 0 Å². The van der Waals surface area contributed by atoms with Crippen LogP contribution in [0.2, 0.25) is 0 Å². The molecular weight excluding hydrogens is 290 g/mol. The fourth-order valence-electron chi connectivity index (χ4n) is 3.08. The Morgan fingerprint density at radius 1 is 1.09 bits per heavy atom. The number of nitrogens with one attached hydrogen (secondary N) is 2. The van der Waals surface area contributed by atoms with Gasteiger partial charge in [-0.3, -0.25) is 14.9 Å². The molecular formula is C18H23N3O2. The quantitative estimate of drug-likeness (QED) is 0.841. The third-order valence-corrected chi connectivity index (χ3v) is 4.38. The molecule has 2 heterocycles. The summed E-state index contributed by atoms with van der Waals surface area (Å²) in [6.45, 7) is 2.30. The Labute approximate surface area is 136 Å². The number of anilines is 1. The van der Waals surface area contributed by atoms with Crippen LogP contribution in [0.4, 0.5) is 5.69 Å². The molecule has 1 aromatic rings. The third kappa shape index (κ3) is 3.79. The number of carbonyl (C=O) groups excluding carboxylic acids is 2. The van der Waals surface area contributed by atoms with Gasteiger partial charge in [0.1, 0.15) is 6.04 Å². The lowest BCUT2D eigenvalue weighted by Gasteiger charge is -2.22. The van der Waals surface area contributed by atoms with Gasteiger partial charge in [-0.2, -0.15) is 0 Å². The average Bonchev–Trinajstić information content (AvgIpc) is 2.98. The highest BCUT2D eigenvalue weighted by Crippen LogP contribution is 2.20. The second-order valence-electron chi connectivity index (χ2n) is 6.06. The van der Waals surface area contributed by atoms with Crippen molar-refractivity contribution in [2.75, 3.05) is 25.0 Å². The molecule has 0 spiro atoms. The summed E-state index contributed by atoms with van der Waals surface area (Å²) in [6, 6.07) is 6.94. The van der Waals surface area contributed by atoms with Crippen molar-refractivity contribution in [3.63, 3.8) is 0 Å². The molecule has 23 heavy (non-hydrogen) atoms. The molecule has 0 aliphatic carbocycles. The largest absolute Gasteiger partial charge is 0.339 e. The van der Waals surface area contributed by atoms with Crippen LogP contribution in [0.3, 0.4) is 0 Å². The van der Waals surface area contributed by atoms with E-state index in [1.165, 1.54) is 12.8 Å². The predicted molar refractivity (Wildman–Crippen MR) is 90.4 cm³/mol. The molecule has 122 valence electrons. The molecule has 1 aromatic carbocycles. The molecule has 5 nitrogen and oxygen atoms in total. The van der Waals surface area contributed by atoms with E-state index in [9.17, 15) is 9.59 Å². The Morgan fingerprint density at radius 2 is 1.83 bits per heavy atom. The Hall–Kier alpha value is -2.14. The number of benzene rings is 1. The molecule has 2 aliphatic rings. The van der Waals surface area contributed by atoms with Crippen molar-refractivity contribution in [2.24, 2.45) is 0 Å². The average molecular weight is 313 g/mol. The van der Waals surface area contributed by atoms with Crippen molar-refractivity contribution in [3.8, 4) is 0 Å². The summed E-state index contributed by atoms with van der Waals surface area (Å²) in [5.41, 5.74) is 1.17. The van der Waals surface area contributed by atoms with Crippen LogP contribution in [0.25, 0.3) is 0 Å². The standard InChI is InChI=1S/C18H23N3O2/c22-17(16-10-7-11-19-16)20-15-9-4-3-8-14(15)18(23)21-12-5-1-2-6-13-21/h3-4,7-10,16,19H,1-2,5-6,11-13H2,(H,20,22)/t16-/m1/s1. The first-order valence-corrected chi connectivity index (χ1v) is 8.35. The third-order valence-electron chi connectivity index (χ3n) is 4.38. The van der Waals surface area contributed by atoms with E-state index < -0.39 is 0 Å². The van der Waals surface area contributed by atoms with Crippen LogP contribution in [0.5, 0.6) is 0 Å². The summed E-state index contributed by atoms with van der Waals surface area (Å²) >= 11 is 0. The first-order valence-electron chi connectivity index (χ1n) is 8.35. The van der Waals surface area contributed by atoms with Crippen molar-refractivity contribution in [1.82, 2.24) is 10.2 Å². The van der Waals surface area contributed by atoms with E-state index in [4.69, 9.17) is 0 Å². The van der Waals surface area contributed by atoms with E-state index in [1.807, 2.05) is 29.2 Å². The van der Waals surface area contributed by atoms with Crippen LogP contribution >= 0.6 is 0 Å². The second-order valence-corrected chi connectivity index (χ2v) is 6.06. The molecule has 1 atom stereocenters. The van der Waals surface area contributed by atoms with Crippen LogP contribution in [-0.2, 0) is 4.79 Å². The van der Waals surface area contributed by atoms with Crippen molar-refractivity contribution in [2.45, 2.75) is 31.7 Å². The van der Waals surface area contributed by atoms with Gasteiger partial charge in [0.05, 0.1) is 11.3 Å². The number of hydrogen-bond acceptors (Lipinski definition) is 3. The lowest BCUT2D eigenvalue weighted by atomic mass is 10.1. The van der Waals surface area contributed by atoms with E-state index in [2.05, 4.69) is 10.6 Å². The number of para-hydroxylation sites is 1. The van der Waals surface area contributed by atoms with Gasteiger partial charge >= 0.3 is 0 Å². The summed E-state index contributed by atoms with van der Waals surface area (Å²) in [5.74, 6) is -0.118. The molecule has 0 bridgehead atoms. The van der Waals surface area contributed by atoms with Crippen molar-refractivity contribution in [3.05, 3.63) is 42.0 Å². The normalized spacial score (nSPS) is 21.0. The van der Waals surface area contributed by atoms with Crippen LogP contribution in [-0.4, -0.2) is 42.4 Å². The van der Waals surface area contributed by atoms with E-state index in [0.717, 1.165) is 25.9 Å².